The lowest BCUT2D eigenvalue weighted by Gasteiger charge is -2.33. The van der Waals surface area contributed by atoms with Gasteiger partial charge in [0.25, 0.3) is 5.91 Å². The van der Waals surface area contributed by atoms with Gasteiger partial charge in [0.05, 0.1) is 23.1 Å². The molecule has 39 heavy (non-hydrogen) atoms. The largest absolute Gasteiger partial charge is 0.331 e. The second kappa shape index (κ2) is 14.0. The molecular weight excluding hydrogens is 496 g/mol. The minimum Gasteiger partial charge on any atom is -0.331 e. The van der Waals surface area contributed by atoms with Crippen molar-refractivity contribution in [3.8, 4) is 0 Å². The zero-order valence-electron chi connectivity index (χ0n) is 23.7. The van der Waals surface area contributed by atoms with Crippen molar-refractivity contribution < 1.29 is 13.6 Å². The first-order valence-corrected chi connectivity index (χ1v) is 14.6. The molecule has 1 aliphatic heterocycles. The third kappa shape index (κ3) is 7.42. The first-order valence-electron chi connectivity index (χ1n) is 14.6. The first-order chi connectivity index (χ1) is 18.9. The molecular formula is C31H43F2N5O. The topological polar surface area (TPSA) is 53.4 Å². The smallest absolute Gasteiger partial charge is 0.257 e. The molecule has 2 aromatic carbocycles. The average Bonchev–Trinajstić information content (AvgIpc) is 3.26. The highest BCUT2D eigenvalue weighted by Crippen LogP contribution is 2.22. The van der Waals surface area contributed by atoms with Gasteiger partial charge in [-0.15, -0.1) is 0 Å². The predicted molar refractivity (Wildman–Crippen MR) is 153 cm³/mol. The highest BCUT2D eigenvalue weighted by atomic mass is 19.1. The second-order valence-corrected chi connectivity index (χ2v) is 10.8. The maximum Gasteiger partial charge on any atom is 0.257 e. The summed E-state index contributed by atoms with van der Waals surface area (Å²) in [6.07, 6.45) is 6.73. The molecule has 0 saturated carbocycles. The van der Waals surface area contributed by atoms with Gasteiger partial charge in [-0.1, -0.05) is 26.3 Å². The third-order valence-electron chi connectivity index (χ3n) is 7.68. The highest BCUT2D eigenvalue weighted by Gasteiger charge is 2.23. The number of carbonyl (C=O) groups is 1. The molecule has 1 saturated heterocycles. The molecule has 1 atom stereocenters. The quantitative estimate of drug-likeness (QED) is 0.266. The van der Waals surface area contributed by atoms with Crippen molar-refractivity contribution in [1.29, 1.82) is 0 Å². The summed E-state index contributed by atoms with van der Waals surface area (Å²) in [4.78, 5) is 22.3. The van der Waals surface area contributed by atoms with E-state index >= 15 is 0 Å². The van der Waals surface area contributed by atoms with Gasteiger partial charge < -0.3 is 19.7 Å². The molecule has 1 amide bonds. The number of imidazole rings is 1. The van der Waals surface area contributed by atoms with Crippen molar-refractivity contribution in [2.24, 2.45) is 0 Å². The van der Waals surface area contributed by atoms with E-state index in [-0.39, 0.29) is 12.1 Å². The number of nitrogens with one attached hydrogen (secondary N) is 1. The van der Waals surface area contributed by atoms with Crippen LogP contribution in [0.1, 0.15) is 81.0 Å². The van der Waals surface area contributed by atoms with Crippen molar-refractivity contribution in [1.82, 2.24) is 24.7 Å². The highest BCUT2D eigenvalue weighted by molar-refractivity contribution is 5.94. The normalized spacial score (nSPS) is 16.2. The number of aromatic nitrogens is 2. The molecule has 0 radical (unpaired) electrons. The fourth-order valence-electron chi connectivity index (χ4n) is 5.58. The Hall–Kier alpha value is -2.84. The summed E-state index contributed by atoms with van der Waals surface area (Å²) in [6.45, 7) is 12.0. The minimum atomic E-state index is -0.716. The Morgan fingerprint density at radius 3 is 2.72 bits per heavy atom. The van der Waals surface area contributed by atoms with E-state index in [1.807, 2.05) is 6.92 Å². The zero-order valence-corrected chi connectivity index (χ0v) is 23.7. The van der Waals surface area contributed by atoms with E-state index in [9.17, 15) is 13.6 Å². The zero-order chi connectivity index (χ0) is 27.8. The van der Waals surface area contributed by atoms with E-state index in [1.165, 1.54) is 31.4 Å². The predicted octanol–water partition coefficient (Wildman–Crippen LogP) is 6.13. The van der Waals surface area contributed by atoms with Gasteiger partial charge in [0.2, 0.25) is 0 Å². The summed E-state index contributed by atoms with van der Waals surface area (Å²) in [5.41, 5.74) is 2.84. The molecule has 212 valence electrons. The third-order valence-corrected chi connectivity index (χ3v) is 7.68. The van der Waals surface area contributed by atoms with Crippen LogP contribution in [0, 0.1) is 11.6 Å². The molecule has 1 fully saturated rings. The Bertz CT molecular complexity index is 1240. The summed E-state index contributed by atoms with van der Waals surface area (Å²) in [6, 6.07) is 10.1. The van der Waals surface area contributed by atoms with Crippen LogP contribution in [0.3, 0.4) is 0 Å². The lowest BCUT2D eigenvalue weighted by atomic mass is 10.0. The summed E-state index contributed by atoms with van der Waals surface area (Å²) >= 11 is 0. The van der Waals surface area contributed by atoms with Gasteiger partial charge in [0, 0.05) is 25.7 Å². The number of hydrogen-bond acceptors (Lipinski definition) is 4. The van der Waals surface area contributed by atoms with Crippen molar-refractivity contribution in [3.05, 3.63) is 65.0 Å². The van der Waals surface area contributed by atoms with Crippen LogP contribution in [0.25, 0.3) is 11.0 Å². The Morgan fingerprint density at radius 2 is 1.95 bits per heavy atom. The number of rotatable bonds is 13. The van der Waals surface area contributed by atoms with Crippen molar-refractivity contribution in [2.45, 2.75) is 85.0 Å². The monoisotopic (exact) mass is 539 g/mol. The van der Waals surface area contributed by atoms with E-state index in [1.54, 1.807) is 4.90 Å². The van der Waals surface area contributed by atoms with Crippen molar-refractivity contribution in [2.75, 3.05) is 26.2 Å². The van der Waals surface area contributed by atoms with Gasteiger partial charge in [-0.3, -0.25) is 4.79 Å². The summed E-state index contributed by atoms with van der Waals surface area (Å²) in [7, 11) is 0. The van der Waals surface area contributed by atoms with Gasteiger partial charge in [-0.25, -0.2) is 13.8 Å². The molecule has 1 unspecified atom stereocenters. The molecule has 6 nitrogen and oxygen atoms in total. The molecule has 0 bridgehead atoms. The van der Waals surface area contributed by atoms with Gasteiger partial charge in [0.1, 0.15) is 17.5 Å². The van der Waals surface area contributed by atoms with E-state index in [2.05, 4.69) is 46.8 Å². The average molecular weight is 540 g/mol. The van der Waals surface area contributed by atoms with Crippen LogP contribution in [0.5, 0.6) is 0 Å². The van der Waals surface area contributed by atoms with E-state index in [0.29, 0.717) is 19.0 Å². The van der Waals surface area contributed by atoms with Crippen LogP contribution in [-0.2, 0) is 19.6 Å². The number of carbonyl (C=O) groups excluding carboxylic acids is 1. The lowest BCUT2D eigenvalue weighted by Crippen LogP contribution is -2.38. The molecule has 0 spiro atoms. The molecule has 3 aromatic rings. The van der Waals surface area contributed by atoms with Crippen LogP contribution in [0.4, 0.5) is 8.78 Å². The fourth-order valence-corrected chi connectivity index (χ4v) is 5.58. The number of nitrogens with zero attached hydrogens (tertiary/aromatic N) is 4. The molecule has 4 rings (SSSR count). The first kappa shape index (κ1) is 29.2. The Kier molecular flexibility index (Phi) is 10.5. The molecule has 0 aliphatic carbocycles. The Labute approximate surface area is 231 Å². The number of piperidine rings is 1. The maximum atomic E-state index is 14.4. The number of fused-ring (bicyclic) bond motifs is 1. The van der Waals surface area contributed by atoms with Crippen molar-refractivity contribution in [3.63, 3.8) is 0 Å². The van der Waals surface area contributed by atoms with Crippen LogP contribution >= 0.6 is 0 Å². The van der Waals surface area contributed by atoms with Crippen LogP contribution < -0.4 is 5.32 Å². The van der Waals surface area contributed by atoms with E-state index in [4.69, 9.17) is 4.98 Å². The van der Waals surface area contributed by atoms with Crippen LogP contribution in [0.2, 0.25) is 0 Å². The molecule has 1 N–H and O–H groups in total. The number of halogens is 2. The van der Waals surface area contributed by atoms with Crippen molar-refractivity contribution >= 4 is 16.9 Å². The minimum absolute atomic E-state index is 0.236. The summed E-state index contributed by atoms with van der Waals surface area (Å²) in [5, 5.41) is 3.58. The van der Waals surface area contributed by atoms with Gasteiger partial charge in [-0.2, -0.15) is 0 Å². The lowest BCUT2D eigenvalue weighted by molar-refractivity contribution is 0.0732. The number of hydrogen-bond donors (Lipinski definition) is 1. The molecule has 1 aromatic heterocycles. The number of aryl methyl sites for hydroxylation is 1. The maximum absolute atomic E-state index is 14.4. The van der Waals surface area contributed by atoms with E-state index < -0.39 is 17.5 Å². The van der Waals surface area contributed by atoms with Gasteiger partial charge in [0.15, 0.2) is 0 Å². The number of likely N-dealkylation sites (tertiary alicyclic amines) is 1. The molecule has 8 heteroatoms. The van der Waals surface area contributed by atoms with E-state index in [0.717, 1.165) is 74.1 Å². The number of amides is 1. The second-order valence-electron chi connectivity index (χ2n) is 10.8. The standard InChI is InChI=1S/C31H43F2N5O/c1-4-15-37(31(39)26-20-25(32)11-12-27(26)33)22-30-35-28-19-24(10-13-29(28)38(30)16-5-2)21-34-14-8-18-36-17-7-6-9-23(36)3/h10-13,19-20,23,34H,4-9,14-18,21-22H2,1-3H3. The van der Waals surface area contributed by atoms with Gasteiger partial charge in [-0.05, 0) is 94.6 Å². The van der Waals surface area contributed by atoms with Crippen LogP contribution in [-0.4, -0.2) is 57.5 Å². The number of benzene rings is 2. The summed E-state index contributed by atoms with van der Waals surface area (Å²) < 4.78 is 30.3. The fraction of sp³-hybridized carbons (Fsp3) is 0.548. The molecule has 2 heterocycles. The summed E-state index contributed by atoms with van der Waals surface area (Å²) in [5.74, 6) is -1.11. The SMILES string of the molecule is CCCN(Cc1nc2cc(CNCCCN3CCCCC3C)ccc2n1CCC)C(=O)c1cc(F)ccc1F. The Morgan fingerprint density at radius 1 is 1.10 bits per heavy atom. The van der Waals surface area contributed by atoms with Crippen LogP contribution in [0.15, 0.2) is 36.4 Å². The van der Waals surface area contributed by atoms with Gasteiger partial charge >= 0.3 is 0 Å². The Balaban J connectivity index is 1.44. The molecule has 1 aliphatic rings.